The molecule has 0 saturated heterocycles. The zero-order chi connectivity index (χ0) is 18.4. The standard InChI is InChI=1S/C18H16FN3O2S2/c1-24-15-4-2-3-13(9-15)10-16(23)20-17-21-22-18(26-17)25-11-12-5-7-14(19)8-6-12/h2-9H,10-11H2,1H3,(H,20,21,23). The predicted octanol–water partition coefficient (Wildman–Crippen LogP) is 4.16. The number of halogens is 1. The number of nitrogens with one attached hydrogen (secondary N) is 1. The Balaban J connectivity index is 1.52. The fourth-order valence-corrected chi connectivity index (χ4v) is 3.90. The Morgan fingerprint density at radius 2 is 2.00 bits per heavy atom. The molecule has 0 aliphatic carbocycles. The van der Waals surface area contributed by atoms with E-state index >= 15 is 0 Å². The lowest BCUT2D eigenvalue weighted by Gasteiger charge is -2.04. The third kappa shape index (κ3) is 5.27. The van der Waals surface area contributed by atoms with Crippen molar-refractivity contribution in [1.82, 2.24) is 10.2 Å². The molecule has 0 aliphatic rings. The van der Waals surface area contributed by atoms with Gasteiger partial charge in [0.05, 0.1) is 13.5 Å². The minimum Gasteiger partial charge on any atom is -0.497 e. The maximum Gasteiger partial charge on any atom is 0.230 e. The smallest absolute Gasteiger partial charge is 0.230 e. The van der Waals surface area contributed by atoms with Crippen LogP contribution < -0.4 is 10.1 Å². The Morgan fingerprint density at radius 1 is 1.19 bits per heavy atom. The van der Waals surface area contributed by atoms with Gasteiger partial charge in [-0.15, -0.1) is 10.2 Å². The average molecular weight is 389 g/mol. The molecule has 0 atom stereocenters. The van der Waals surface area contributed by atoms with Gasteiger partial charge >= 0.3 is 0 Å². The third-order valence-corrected chi connectivity index (χ3v) is 5.47. The van der Waals surface area contributed by atoms with E-state index in [0.717, 1.165) is 15.5 Å². The second-order valence-corrected chi connectivity index (χ2v) is 7.56. The number of carbonyl (C=O) groups excluding carboxylic acids is 1. The summed E-state index contributed by atoms with van der Waals surface area (Å²) >= 11 is 2.80. The van der Waals surface area contributed by atoms with Crippen molar-refractivity contribution >= 4 is 34.1 Å². The van der Waals surface area contributed by atoms with E-state index in [4.69, 9.17) is 4.74 Å². The number of carbonyl (C=O) groups is 1. The lowest BCUT2D eigenvalue weighted by atomic mass is 10.1. The topological polar surface area (TPSA) is 64.1 Å². The summed E-state index contributed by atoms with van der Waals surface area (Å²) in [6, 6.07) is 13.7. The van der Waals surface area contributed by atoms with Gasteiger partial charge in [0, 0.05) is 5.75 Å². The largest absolute Gasteiger partial charge is 0.497 e. The van der Waals surface area contributed by atoms with Gasteiger partial charge in [-0.05, 0) is 35.4 Å². The zero-order valence-electron chi connectivity index (χ0n) is 13.9. The third-order valence-electron chi connectivity index (χ3n) is 3.43. The van der Waals surface area contributed by atoms with Gasteiger partial charge in [0.25, 0.3) is 0 Å². The first kappa shape index (κ1) is 18.3. The fourth-order valence-electron chi connectivity index (χ4n) is 2.18. The molecule has 0 aliphatic heterocycles. The second-order valence-electron chi connectivity index (χ2n) is 5.36. The number of hydrogen-bond acceptors (Lipinski definition) is 6. The Bertz CT molecular complexity index is 884. The Labute approximate surface area is 158 Å². The molecule has 0 fully saturated rings. The maximum atomic E-state index is 12.9. The monoisotopic (exact) mass is 389 g/mol. The van der Waals surface area contributed by atoms with Gasteiger partial charge in [-0.1, -0.05) is 47.4 Å². The molecule has 0 bridgehead atoms. The van der Waals surface area contributed by atoms with Crippen molar-refractivity contribution < 1.29 is 13.9 Å². The fraction of sp³-hybridized carbons (Fsp3) is 0.167. The number of methoxy groups -OCH3 is 1. The van der Waals surface area contributed by atoms with Crippen LogP contribution in [-0.2, 0) is 17.0 Å². The lowest BCUT2D eigenvalue weighted by Crippen LogP contribution is -2.14. The van der Waals surface area contributed by atoms with E-state index in [9.17, 15) is 9.18 Å². The van der Waals surface area contributed by atoms with E-state index in [-0.39, 0.29) is 18.1 Å². The summed E-state index contributed by atoms with van der Waals surface area (Å²) < 4.78 is 18.8. The number of anilines is 1. The van der Waals surface area contributed by atoms with Gasteiger partial charge in [-0.25, -0.2) is 4.39 Å². The van der Waals surface area contributed by atoms with E-state index in [1.54, 1.807) is 19.2 Å². The molecule has 1 N–H and O–H groups in total. The van der Waals surface area contributed by atoms with Crippen LogP contribution in [0.2, 0.25) is 0 Å². The van der Waals surface area contributed by atoms with Crippen LogP contribution in [0, 0.1) is 5.82 Å². The summed E-state index contributed by atoms with van der Waals surface area (Å²) in [7, 11) is 1.59. The Morgan fingerprint density at radius 3 is 2.77 bits per heavy atom. The van der Waals surface area contributed by atoms with Gasteiger partial charge in [-0.3, -0.25) is 4.79 Å². The first-order chi connectivity index (χ1) is 12.6. The highest BCUT2D eigenvalue weighted by molar-refractivity contribution is 8.00. The molecule has 1 aromatic heterocycles. The van der Waals surface area contributed by atoms with Crippen LogP contribution in [0.3, 0.4) is 0 Å². The van der Waals surface area contributed by atoms with E-state index in [0.29, 0.717) is 16.6 Å². The molecule has 0 radical (unpaired) electrons. The van der Waals surface area contributed by atoms with Crippen molar-refractivity contribution in [3.8, 4) is 5.75 Å². The van der Waals surface area contributed by atoms with Crippen LogP contribution in [-0.4, -0.2) is 23.2 Å². The number of ether oxygens (including phenoxy) is 1. The summed E-state index contributed by atoms with van der Waals surface area (Å²) in [5.74, 6) is 0.957. The Kier molecular flexibility index (Phi) is 6.19. The van der Waals surface area contributed by atoms with E-state index < -0.39 is 0 Å². The van der Waals surface area contributed by atoms with Gasteiger partial charge in [0.15, 0.2) is 4.34 Å². The van der Waals surface area contributed by atoms with Crippen LogP contribution in [0.1, 0.15) is 11.1 Å². The van der Waals surface area contributed by atoms with Gasteiger partial charge < -0.3 is 10.1 Å². The molecular weight excluding hydrogens is 373 g/mol. The Hall–Kier alpha value is -2.45. The molecule has 26 heavy (non-hydrogen) atoms. The maximum absolute atomic E-state index is 12.9. The summed E-state index contributed by atoms with van der Waals surface area (Å²) in [4.78, 5) is 12.1. The quantitative estimate of drug-likeness (QED) is 0.486. The first-order valence-electron chi connectivity index (χ1n) is 7.76. The number of rotatable bonds is 7. The van der Waals surface area contributed by atoms with E-state index in [1.807, 2.05) is 24.3 Å². The molecule has 5 nitrogen and oxygen atoms in total. The summed E-state index contributed by atoms with van der Waals surface area (Å²) in [5, 5.41) is 11.3. The molecule has 3 aromatic rings. The highest BCUT2D eigenvalue weighted by Crippen LogP contribution is 2.28. The van der Waals surface area contributed by atoms with Crippen molar-refractivity contribution in [3.63, 3.8) is 0 Å². The van der Waals surface area contributed by atoms with Gasteiger partial charge in [-0.2, -0.15) is 0 Å². The normalized spacial score (nSPS) is 10.5. The number of thioether (sulfide) groups is 1. The highest BCUT2D eigenvalue weighted by Gasteiger charge is 2.10. The minimum atomic E-state index is -0.254. The van der Waals surface area contributed by atoms with Crippen molar-refractivity contribution in [2.24, 2.45) is 0 Å². The van der Waals surface area contributed by atoms with Crippen molar-refractivity contribution in [1.29, 1.82) is 0 Å². The first-order valence-corrected chi connectivity index (χ1v) is 9.56. The molecule has 0 unspecified atom stereocenters. The molecule has 8 heteroatoms. The van der Waals surface area contributed by atoms with Crippen molar-refractivity contribution in [2.45, 2.75) is 16.5 Å². The number of nitrogens with zero attached hydrogens (tertiary/aromatic N) is 2. The number of amides is 1. The van der Waals surface area contributed by atoms with Gasteiger partial charge in [0.2, 0.25) is 11.0 Å². The molecule has 134 valence electrons. The van der Waals surface area contributed by atoms with Crippen LogP contribution >= 0.6 is 23.1 Å². The molecule has 1 heterocycles. The summed E-state index contributed by atoms with van der Waals surface area (Å²) in [5.41, 5.74) is 1.85. The second kappa shape index (κ2) is 8.77. The molecule has 0 spiro atoms. The summed E-state index contributed by atoms with van der Waals surface area (Å²) in [6.45, 7) is 0. The molecule has 1 amide bonds. The minimum absolute atomic E-state index is 0.163. The molecule has 3 rings (SSSR count). The van der Waals surface area contributed by atoms with Gasteiger partial charge in [0.1, 0.15) is 11.6 Å². The van der Waals surface area contributed by atoms with Crippen molar-refractivity contribution in [3.05, 3.63) is 65.5 Å². The molecule has 0 saturated carbocycles. The van der Waals surface area contributed by atoms with Crippen LogP contribution in [0.4, 0.5) is 9.52 Å². The number of hydrogen-bond donors (Lipinski definition) is 1. The lowest BCUT2D eigenvalue weighted by molar-refractivity contribution is -0.115. The molecular formula is C18H16FN3O2S2. The number of benzene rings is 2. The number of aromatic nitrogens is 2. The highest BCUT2D eigenvalue weighted by atomic mass is 32.2. The average Bonchev–Trinajstić information content (AvgIpc) is 3.08. The zero-order valence-corrected chi connectivity index (χ0v) is 15.6. The SMILES string of the molecule is COc1cccc(CC(=O)Nc2nnc(SCc3ccc(F)cc3)s2)c1. The van der Waals surface area contributed by atoms with Crippen LogP contribution in [0.5, 0.6) is 5.75 Å². The predicted molar refractivity (Wildman–Crippen MR) is 101 cm³/mol. The van der Waals surface area contributed by atoms with Crippen molar-refractivity contribution in [2.75, 3.05) is 12.4 Å². The summed E-state index contributed by atoms with van der Waals surface area (Å²) in [6.07, 6.45) is 0.231. The van der Waals surface area contributed by atoms with Crippen LogP contribution in [0.25, 0.3) is 0 Å². The van der Waals surface area contributed by atoms with E-state index in [1.165, 1.54) is 35.2 Å². The van der Waals surface area contributed by atoms with E-state index in [2.05, 4.69) is 15.5 Å². The molecule has 2 aromatic carbocycles. The van der Waals surface area contributed by atoms with Crippen LogP contribution in [0.15, 0.2) is 52.9 Å².